The Morgan fingerprint density at radius 2 is 1.87 bits per heavy atom. The zero-order valence-electron chi connectivity index (χ0n) is 14.3. The Labute approximate surface area is 138 Å². The van der Waals surface area contributed by atoms with Gasteiger partial charge in [-0.15, -0.1) is 0 Å². The predicted molar refractivity (Wildman–Crippen MR) is 93.8 cm³/mol. The van der Waals surface area contributed by atoms with E-state index in [0.717, 1.165) is 23.3 Å². The third-order valence-electron chi connectivity index (χ3n) is 4.13. The fourth-order valence-corrected chi connectivity index (χ4v) is 2.82. The first-order valence-corrected chi connectivity index (χ1v) is 7.99. The first-order valence-electron chi connectivity index (χ1n) is 7.99. The Balaban J connectivity index is 1.90. The zero-order chi connectivity index (χ0) is 16.8. The molecule has 0 fully saturated rings. The molecule has 0 saturated heterocycles. The highest BCUT2D eigenvalue weighted by molar-refractivity contribution is 5.76. The Kier molecular flexibility index (Phi) is 5.80. The fourth-order valence-electron chi connectivity index (χ4n) is 2.82. The second-order valence-electron chi connectivity index (χ2n) is 5.95. The molecule has 1 atom stereocenters. The predicted octanol–water partition coefficient (Wildman–Crippen LogP) is 4.12. The Morgan fingerprint density at radius 1 is 1.13 bits per heavy atom. The van der Waals surface area contributed by atoms with Crippen molar-refractivity contribution in [2.24, 2.45) is 0 Å². The molecule has 0 aliphatic heterocycles. The van der Waals surface area contributed by atoms with Crippen molar-refractivity contribution < 1.29 is 9.53 Å². The molecule has 2 aromatic rings. The van der Waals surface area contributed by atoms with E-state index in [-0.39, 0.29) is 11.9 Å². The van der Waals surface area contributed by atoms with Crippen molar-refractivity contribution in [3.63, 3.8) is 0 Å². The minimum Gasteiger partial charge on any atom is -0.496 e. The summed E-state index contributed by atoms with van der Waals surface area (Å²) < 4.78 is 5.26. The van der Waals surface area contributed by atoms with Crippen LogP contribution in [0.15, 0.2) is 42.5 Å². The molecule has 0 saturated carbocycles. The Morgan fingerprint density at radius 3 is 2.52 bits per heavy atom. The third-order valence-corrected chi connectivity index (χ3v) is 4.13. The minimum atomic E-state index is 0.0290. The molecule has 0 spiro atoms. The van der Waals surface area contributed by atoms with Gasteiger partial charge in [-0.25, -0.2) is 0 Å². The summed E-state index contributed by atoms with van der Waals surface area (Å²) in [6.07, 6.45) is 1.22. The zero-order valence-corrected chi connectivity index (χ0v) is 14.3. The topological polar surface area (TPSA) is 38.3 Å². The average molecular weight is 311 g/mol. The van der Waals surface area contributed by atoms with Gasteiger partial charge in [0.25, 0.3) is 0 Å². The lowest BCUT2D eigenvalue weighted by atomic mass is 10.0. The van der Waals surface area contributed by atoms with E-state index in [0.29, 0.717) is 6.42 Å². The maximum absolute atomic E-state index is 12.2. The van der Waals surface area contributed by atoms with Gasteiger partial charge >= 0.3 is 0 Å². The summed E-state index contributed by atoms with van der Waals surface area (Å²) in [4.78, 5) is 12.2. The highest BCUT2D eigenvalue weighted by Crippen LogP contribution is 2.20. The van der Waals surface area contributed by atoms with E-state index in [4.69, 9.17) is 4.74 Å². The quantitative estimate of drug-likeness (QED) is 0.871. The average Bonchev–Trinajstić information content (AvgIpc) is 2.53. The number of methoxy groups -OCH3 is 1. The molecule has 1 unspecified atom stereocenters. The molecule has 1 N–H and O–H groups in total. The molecule has 0 aliphatic rings. The van der Waals surface area contributed by atoms with Crippen LogP contribution in [0.4, 0.5) is 0 Å². The summed E-state index contributed by atoms with van der Waals surface area (Å²) in [6, 6.07) is 14.2. The fraction of sp³-hybridized carbons (Fsp3) is 0.350. The lowest BCUT2D eigenvalue weighted by Crippen LogP contribution is -2.27. The molecule has 0 aliphatic carbocycles. The van der Waals surface area contributed by atoms with Crippen molar-refractivity contribution in [3.8, 4) is 5.75 Å². The van der Waals surface area contributed by atoms with Gasteiger partial charge in [0.15, 0.2) is 0 Å². The van der Waals surface area contributed by atoms with Crippen molar-refractivity contribution in [1.82, 2.24) is 5.32 Å². The van der Waals surface area contributed by atoms with Crippen LogP contribution in [0.1, 0.15) is 41.6 Å². The van der Waals surface area contributed by atoms with Gasteiger partial charge < -0.3 is 10.1 Å². The van der Waals surface area contributed by atoms with Crippen molar-refractivity contribution >= 4 is 5.91 Å². The summed E-state index contributed by atoms with van der Waals surface area (Å²) in [5.41, 5.74) is 4.62. The van der Waals surface area contributed by atoms with Gasteiger partial charge in [-0.1, -0.05) is 36.4 Å². The molecule has 0 heterocycles. The van der Waals surface area contributed by atoms with Crippen molar-refractivity contribution in [3.05, 3.63) is 64.7 Å². The van der Waals surface area contributed by atoms with E-state index in [1.807, 2.05) is 38.1 Å². The normalized spacial score (nSPS) is 11.8. The molecule has 122 valence electrons. The van der Waals surface area contributed by atoms with E-state index in [1.54, 1.807) is 7.11 Å². The number of rotatable bonds is 6. The highest BCUT2D eigenvalue weighted by Gasteiger charge is 2.11. The van der Waals surface area contributed by atoms with Crippen LogP contribution < -0.4 is 10.1 Å². The van der Waals surface area contributed by atoms with Gasteiger partial charge in [0.05, 0.1) is 13.2 Å². The molecule has 3 nitrogen and oxygen atoms in total. The second kappa shape index (κ2) is 7.82. The largest absolute Gasteiger partial charge is 0.496 e. The van der Waals surface area contributed by atoms with Crippen LogP contribution in [0.3, 0.4) is 0 Å². The number of amides is 1. The summed E-state index contributed by atoms with van der Waals surface area (Å²) in [5.74, 6) is 0.959. The number of benzene rings is 2. The number of aryl methyl sites for hydroxylation is 3. The van der Waals surface area contributed by atoms with Gasteiger partial charge in [0.2, 0.25) is 5.91 Å². The first-order chi connectivity index (χ1) is 11.0. The number of nitrogens with one attached hydrogen (secondary N) is 1. The standard InChI is InChI=1S/C20H25NO2/c1-14-7-5-6-8-18(14)16(3)21-20(22)12-10-17-9-11-19(23-4)15(2)13-17/h5-9,11,13,16H,10,12H2,1-4H3,(H,21,22). The van der Waals surface area contributed by atoms with Crippen LogP contribution in [0.5, 0.6) is 5.75 Å². The highest BCUT2D eigenvalue weighted by atomic mass is 16.5. The maximum atomic E-state index is 12.2. The van der Waals surface area contributed by atoms with Crippen LogP contribution in [0.25, 0.3) is 0 Å². The first kappa shape index (κ1) is 17.1. The Hall–Kier alpha value is -2.29. The number of hydrogen-bond donors (Lipinski definition) is 1. The van der Waals surface area contributed by atoms with Gasteiger partial charge in [0.1, 0.15) is 5.75 Å². The SMILES string of the molecule is COc1ccc(CCC(=O)NC(C)c2ccccc2C)cc1C. The monoisotopic (exact) mass is 311 g/mol. The van der Waals surface area contributed by atoms with Crippen LogP contribution in [0, 0.1) is 13.8 Å². The molecule has 2 aromatic carbocycles. The number of carbonyl (C=O) groups excluding carboxylic acids is 1. The van der Waals surface area contributed by atoms with Gasteiger partial charge in [0, 0.05) is 6.42 Å². The summed E-state index contributed by atoms with van der Waals surface area (Å²) in [7, 11) is 1.67. The number of ether oxygens (including phenoxy) is 1. The molecular formula is C20H25NO2. The van der Waals surface area contributed by atoms with Gasteiger partial charge in [-0.05, 0) is 55.5 Å². The molecule has 3 heteroatoms. The smallest absolute Gasteiger partial charge is 0.220 e. The van der Waals surface area contributed by atoms with Crippen LogP contribution in [-0.4, -0.2) is 13.0 Å². The summed E-state index contributed by atoms with van der Waals surface area (Å²) in [5, 5.41) is 3.08. The summed E-state index contributed by atoms with van der Waals surface area (Å²) in [6.45, 7) is 6.11. The van der Waals surface area contributed by atoms with E-state index < -0.39 is 0 Å². The van der Waals surface area contributed by atoms with E-state index in [2.05, 4.69) is 30.4 Å². The molecule has 2 rings (SSSR count). The van der Waals surface area contributed by atoms with E-state index in [1.165, 1.54) is 11.1 Å². The lowest BCUT2D eigenvalue weighted by Gasteiger charge is -2.16. The minimum absolute atomic E-state index is 0.0290. The number of carbonyl (C=O) groups is 1. The van der Waals surface area contributed by atoms with E-state index in [9.17, 15) is 4.79 Å². The van der Waals surface area contributed by atoms with Gasteiger partial charge in [-0.2, -0.15) is 0 Å². The maximum Gasteiger partial charge on any atom is 0.220 e. The van der Waals surface area contributed by atoms with Crippen LogP contribution >= 0.6 is 0 Å². The van der Waals surface area contributed by atoms with Crippen molar-refractivity contribution in [2.45, 2.75) is 39.7 Å². The third kappa shape index (κ3) is 4.59. The molecular weight excluding hydrogens is 286 g/mol. The number of hydrogen-bond acceptors (Lipinski definition) is 2. The summed E-state index contributed by atoms with van der Waals surface area (Å²) >= 11 is 0. The van der Waals surface area contributed by atoms with Gasteiger partial charge in [-0.3, -0.25) is 4.79 Å². The van der Waals surface area contributed by atoms with Crippen LogP contribution in [-0.2, 0) is 11.2 Å². The van der Waals surface area contributed by atoms with Crippen molar-refractivity contribution in [1.29, 1.82) is 0 Å². The molecule has 0 aromatic heterocycles. The van der Waals surface area contributed by atoms with Crippen LogP contribution in [0.2, 0.25) is 0 Å². The Bertz CT molecular complexity index is 679. The molecule has 23 heavy (non-hydrogen) atoms. The lowest BCUT2D eigenvalue weighted by molar-refractivity contribution is -0.121. The second-order valence-corrected chi connectivity index (χ2v) is 5.95. The molecule has 0 radical (unpaired) electrons. The molecule has 1 amide bonds. The van der Waals surface area contributed by atoms with Crippen molar-refractivity contribution in [2.75, 3.05) is 7.11 Å². The molecule has 0 bridgehead atoms. The van der Waals surface area contributed by atoms with E-state index >= 15 is 0 Å².